The van der Waals surface area contributed by atoms with Crippen molar-refractivity contribution in [2.24, 2.45) is 7.05 Å². The first-order valence-electron chi connectivity index (χ1n) is 5.92. The van der Waals surface area contributed by atoms with E-state index in [0.717, 1.165) is 16.5 Å². The third kappa shape index (κ3) is 1.81. The van der Waals surface area contributed by atoms with Gasteiger partial charge >= 0.3 is 5.69 Å². The predicted octanol–water partition coefficient (Wildman–Crippen LogP) is 2.28. The van der Waals surface area contributed by atoms with Crippen LogP contribution in [0.2, 0.25) is 0 Å². The summed E-state index contributed by atoms with van der Waals surface area (Å²) in [5.74, 6) is 0. The molecule has 1 N–H and O–H groups in total. The van der Waals surface area contributed by atoms with E-state index in [-0.39, 0.29) is 5.69 Å². The van der Waals surface area contributed by atoms with E-state index in [4.69, 9.17) is 11.6 Å². The number of H-pyrrole nitrogens is 1. The van der Waals surface area contributed by atoms with Gasteiger partial charge in [0, 0.05) is 12.4 Å². The van der Waals surface area contributed by atoms with Gasteiger partial charge in [-0.2, -0.15) is 0 Å². The number of hydrogen-bond acceptors (Lipinski definition) is 3. The van der Waals surface area contributed by atoms with E-state index in [1.54, 1.807) is 7.05 Å². The Bertz CT molecular complexity index is 841. The van der Waals surface area contributed by atoms with Crippen LogP contribution in [0.15, 0.2) is 23.0 Å². The van der Waals surface area contributed by atoms with Gasteiger partial charge in [-0.05, 0) is 31.5 Å². The standard InChI is InChI=1S/C13H13ClN4O/c1-13(2,14)7-4-5-9-8(6-7)10-11(17-16-9)18(3)12(19)15-10/h4-6H,1-3H3,(H,15,19). The number of halogens is 1. The molecular formula is C13H13ClN4O. The van der Waals surface area contributed by atoms with Crippen LogP contribution >= 0.6 is 11.6 Å². The Labute approximate surface area is 114 Å². The molecule has 3 aromatic rings. The molecule has 0 radical (unpaired) electrons. The van der Waals surface area contributed by atoms with E-state index in [1.165, 1.54) is 4.57 Å². The zero-order valence-corrected chi connectivity index (χ0v) is 11.6. The van der Waals surface area contributed by atoms with E-state index in [0.29, 0.717) is 11.2 Å². The lowest BCUT2D eigenvalue weighted by Gasteiger charge is -2.16. The summed E-state index contributed by atoms with van der Waals surface area (Å²) in [5, 5.41) is 9.06. The molecule has 19 heavy (non-hydrogen) atoms. The predicted molar refractivity (Wildman–Crippen MR) is 75.5 cm³/mol. The molecule has 3 rings (SSSR count). The highest BCUT2D eigenvalue weighted by molar-refractivity contribution is 6.23. The number of nitrogens with one attached hydrogen (secondary N) is 1. The maximum atomic E-state index is 11.7. The summed E-state index contributed by atoms with van der Waals surface area (Å²) in [6.07, 6.45) is 0. The summed E-state index contributed by atoms with van der Waals surface area (Å²) in [5.41, 5.74) is 2.74. The Morgan fingerprint density at radius 1 is 1.32 bits per heavy atom. The number of aromatic amines is 1. The second-order valence-corrected chi connectivity index (χ2v) is 6.04. The van der Waals surface area contributed by atoms with Crippen molar-refractivity contribution in [1.82, 2.24) is 19.7 Å². The molecule has 5 nitrogen and oxygen atoms in total. The highest BCUT2D eigenvalue weighted by atomic mass is 35.5. The number of imidazole rings is 1. The monoisotopic (exact) mass is 276 g/mol. The number of alkyl halides is 1. The molecule has 0 saturated carbocycles. The van der Waals surface area contributed by atoms with Crippen LogP contribution in [-0.2, 0) is 11.9 Å². The highest BCUT2D eigenvalue weighted by Crippen LogP contribution is 2.30. The first-order valence-corrected chi connectivity index (χ1v) is 6.30. The van der Waals surface area contributed by atoms with Crippen LogP contribution in [0, 0.1) is 0 Å². The molecule has 0 atom stereocenters. The molecule has 0 spiro atoms. The first-order chi connectivity index (χ1) is 8.88. The minimum atomic E-state index is -0.473. The van der Waals surface area contributed by atoms with E-state index in [2.05, 4.69) is 15.2 Å². The Morgan fingerprint density at radius 3 is 2.74 bits per heavy atom. The van der Waals surface area contributed by atoms with Gasteiger partial charge < -0.3 is 4.98 Å². The van der Waals surface area contributed by atoms with Crippen molar-refractivity contribution in [1.29, 1.82) is 0 Å². The van der Waals surface area contributed by atoms with Crippen LogP contribution in [0.4, 0.5) is 0 Å². The van der Waals surface area contributed by atoms with Crippen molar-refractivity contribution in [3.8, 4) is 0 Å². The molecule has 0 saturated heterocycles. The Balaban J connectivity index is 2.46. The van der Waals surface area contributed by atoms with E-state index in [9.17, 15) is 4.79 Å². The van der Waals surface area contributed by atoms with Crippen molar-refractivity contribution < 1.29 is 0 Å². The molecule has 0 unspecified atom stereocenters. The number of aryl methyl sites for hydroxylation is 1. The summed E-state index contributed by atoms with van der Waals surface area (Å²) >= 11 is 6.33. The summed E-state index contributed by atoms with van der Waals surface area (Å²) in [6, 6.07) is 5.75. The number of fused-ring (bicyclic) bond motifs is 3. The van der Waals surface area contributed by atoms with E-state index < -0.39 is 4.87 Å². The van der Waals surface area contributed by atoms with Gasteiger partial charge in [-0.25, -0.2) is 4.79 Å². The van der Waals surface area contributed by atoms with Crippen molar-refractivity contribution in [3.63, 3.8) is 0 Å². The maximum Gasteiger partial charge on any atom is 0.327 e. The van der Waals surface area contributed by atoms with Crippen molar-refractivity contribution in [2.75, 3.05) is 0 Å². The molecule has 0 fully saturated rings. The van der Waals surface area contributed by atoms with Crippen molar-refractivity contribution in [3.05, 3.63) is 34.2 Å². The largest absolute Gasteiger partial charge is 0.327 e. The zero-order chi connectivity index (χ0) is 13.8. The van der Waals surface area contributed by atoms with Crippen LogP contribution in [0.5, 0.6) is 0 Å². The van der Waals surface area contributed by atoms with Crippen LogP contribution in [0.3, 0.4) is 0 Å². The Kier molecular flexibility index (Phi) is 2.44. The molecule has 2 heterocycles. The summed E-state index contributed by atoms with van der Waals surface area (Å²) in [6.45, 7) is 3.85. The lowest BCUT2D eigenvalue weighted by Crippen LogP contribution is -2.12. The smallest absolute Gasteiger partial charge is 0.303 e. The van der Waals surface area contributed by atoms with Gasteiger partial charge in [0.25, 0.3) is 0 Å². The topological polar surface area (TPSA) is 63.6 Å². The van der Waals surface area contributed by atoms with Crippen LogP contribution in [-0.4, -0.2) is 19.7 Å². The molecule has 0 aliphatic rings. The lowest BCUT2D eigenvalue weighted by molar-refractivity contribution is 0.767. The first kappa shape index (κ1) is 12.2. The number of benzene rings is 1. The van der Waals surface area contributed by atoms with Gasteiger partial charge in [-0.15, -0.1) is 21.8 Å². The summed E-state index contributed by atoms with van der Waals surface area (Å²) in [7, 11) is 1.66. The summed E-state index contributed by atoms with van der Waals surface area (Å²) < 4.78 is 1.44. The minimum absolute atomic E-state index is 0.202. The maximum absolute atomic E-state index is 11.7. The minimum Gasteiger partial charge on any atom is -0.303 e. The molecule has 0 aliphatic heterocycles. The molecule has 98 valence electrons. The van der Waals surface area contributed by atoms with Gasteiger partial charge in [-0.1, -0.05) is 6.07 Å². The fourth-order valence-electron chi connectivity index (χ4n) is 2.11. The summed E-state index contributed by atoms with van der Waals surface area (Å²) in [4.78, 5) is 14.0. The lowest BCUT2D eigenvalue weighted by atomic mass is 10.0. The normalized spacial score (nSPS) is 12.4. The Morgan fingerprint density at radius 2 is 2.05 bits per heavy atom. The SMILES string of the molecule is Cn1c(=O)[nH]c2c3cc(C(C)(C)Cl)ccc3nnc21. The second-order valence-electron chi connectivity index (χ2n) is 5.09. The number of aromatic nitrogens is 4. The highest BCUT2D eigenvalue weighted by Gasteiger charge is 2.18. The molecule has 0 aliphatic carbocycles. The van der Waals surface area contributed by atoms with Gasteiger partial charge in [0.2, 0.25) is 0 Å². The van der Waals surface area contributed by atoms with Gasteiger partial charge in [0.1, 0.15) is 0 Å². The van der Waals surface area contributed by atoms with Crippen molar-refractivity contribution >= 4 is 33.7 Å². The van der Waals surface area contributed by atoms with Crippen LogP contribution < -0.4 is 5.69 Å². The van der Waals surface area contributed by atoms with Crippen molar-refractivity contribution in [2.45, 2.75) is 18.7 Å². The second kappa shape index (κ2) is 3.81. The van der Waals surface area contributed by atoms with Gasteiger partial charge in [0.15, 0.2) is 5.65 Å². The average Bonchev–Trinajstić information content (AvgIpc) is 2.64. The Hall–Kier alpha value is -1.88. The van der Waals surface area contributed by atoms with Crippen LogP contribution in [0.25, 0.3) is 22.1 Å². The molecule has 1 aromatic carbocycles. The van der Waals surface area contributed by atoms with E-state index in [1.807, 2.05) is 32.0 Å². The molecule has 0 bridgehead atoms. The van der Waals surface area contributed by atoms with Gasteiger partial charge in [-0.3, -0.25) is 4.57 Å². The molecule has 2 aromatic heterocycles. The molecular weight excluding hydrogens is 264 g/mol. The zero-order valence-electron chi connectivity index (χ0n) is 10.9. The molecule has 6 heteroatoms. The number of nitrogens with zero attached hydrogens (tertiary/aromatic N) is 3. The number of rotatable bonds is 1. The number of hydrogen-bond donors (Lipinski definition) is 1. The fourth-order valence-corrected chi connectivity index (χ4v) is 2.23. The molecule has 0 amide bonds. The third-order valence-electron chi connectivity index (χ3n) is 3.28. The quantitative estimate of drug-likeness (QED) is 0.694. The van der Waals surface area contributed by atoms with Gasteiger partial charge in [0.05, 0.1) is 15.9 Å². The van der Waals surface area contributed by atoms with Crippen LogP contribution in [0.1, 0.15) is 19.4 Å². The van der Waals surface area contributed by atoms with E-state index >= 15 is 0 Å². The fraction of sp³-hybridized carbons (Fsp3) is 0.308. The average molecular weight is 277 g/mol. The third-order valence-corrected chi connectivity index (χ3v) is 3.50.